The standard InChI is InChI=1S/C25H25NO4S/c27-25-15-10-21-18-22(11-14-24(21)26-25)30-16-4-5-17-31(28,29)23-12-8-20(9-13-23)19-6-2-1-3-7-19/h1-3,6-9,11-14,18H,4-5,10,15-17H2,(H,26,27). The van der Waals surface area contributed by atoms with Gasteiger partial charge in [0.15, 0.2) is 9.84 Å². The van der Waals surface area contributed by atoms with Crippen molar-refractivity contribution in [2.24, 2.45) is 0 Å². The Morgan fingerprint density at radius 3 is 2.35 bits per heavy atom. The number of benzene rings is 3. The third-order valence-electron chi connectivity index (χ3n) is 5.37. The molecule has 0 saturated carbocycles. The highest BCUT2D eigenvalue weighted by molar-refractivity contribution is 7.91. The van der Waals surface area contributed by atoms with E-state index in [9.17, 15) is 13.2 Å². The maximum Gasteiger partial charge on any atom is 0.224 e. The van der Waals surface area contributed by atoms with E-state index < -0.39 is 9.84 Å². The maximum absolute atomic E-state index is 12.6. The van der Waals surface area contributed by atoms with E-state index in [0.717, 1.165) is 28.1 Å². The Hall–Kier alpha value is -3.12. The molecule has 5 nitrogen and oxygen atoms in total. The smallest absolute Gasteiger partial charge is 0.224 e. The molecule has 1 amide bonds. The Kier molecular flexibility index (Phi) is 6.37. The molecule has 0 radical (unpaired) electrons. The van der Waals surface area contributed by atoms with Crippen LogP contribution in [0.1, 0.15) is 24.8 Å². The Labute approximate surface area is 183 Å². The molecule has 0 aromatic heterocycles. The maximum atomic E-state index is 12.6. The number of hydrogen-bond donors (Lipinski definition) is 1. The van der Waals surface area contributed by atoms with Crippen molar-refractivity contribution in [3.05, 3.63) is 78.4 Å². The lowest BCUT2D eigenvalue weighted by Gasteiger charge is -2.17. The molecule has 0 fully saturated rings. The first kappa shape index (κ1) is 21.1. The van der Waals surface area contributed by atoms with Crippen LogP contribution < -0.4 is 10.1 Å². The van der Waals surface area contributed by atoms with Gasteiger partial charge in [0.1, 0.15) is 5.75 Å². The molecule has 0 aliphatic carbocycles. The summed E-state index contributed by atoms with van der Waals surface area (Å²) in [5.41, 5.74) is 3.97. The first-order chi connectivity index (χ1) is 15.0. The van der Waals surface area contributed by atoms with Crippen molar-refractivity contribution in [2.75, 3.05) is 17.7 Å². The Balaban J connectivity index is 1.26. The second-order valence-electron chi connectivity index (χ2n) is 7.63. The second-order valence-corrected chi connectivity index (χ2v) is 9.74. The van der Waals surface area contributed by atoms with Crippen molar-refractivity contribution in [2.45, 2.75) is 30.6 Å². The molecule has 1 N–H and O–H groups in total. The van der Waals surface area contributed by atoms with Crippen molar-refractivity contribution in [1.82, 2.24) is 0 Å². The number of amides is 1. The van der Waals surface area contributed by atoms with Crippen LogP contribution in [0.15, 0.2) is 77.7 Å². The molecule has 3 aromatic carbocycles. The quantitative estimate of drug-likeness (QED) is 0.512. The van der Waals surface area contributed by atoms with E-state index in [0.29, 0.717) is 37.2 Å². The van der Waals surface area contributed by atoms with E-state index in [1.165, 1.54) is 0 Å². The van der Waals surface area contributed by atoms with Crippen LogP contribution in [0, 0.1) is 0 Å². The van der Waals surface area contributed by atoms with E-state index in [4.69, 9.17) is 4.74 Å². The van der Waals surface area contributed by atoms with E-state index in [1.54, 1.807) is 12.1 Å². The van der Waals surface area contributed by atoms with Crippen LogP contribution >= 0.6 is 0 Å². The summed E-state index contributed by atoms with van der Waals surface area (Å²) >= 11 is 0. The average Bonchev–Trinajstić information content (AvgIpc) is 2.79. The number of nitrogens with one attached hydrogen (secondary N) is 1. The van der Waals surface area contributed by atoms with Gasteiger partial charge in [-0.15, -0.1) is 0 Å². The van der Waals surface area contributed by atoms with E-state index in [2.05, 4.69) is 5.32 Å². The summed E-state index contributed by atoms with van der Waals surface area (Å²) < 4.78 is 31.0. The molecule has 31 heavy (non-hydrogen) atoms. The fourth-order valence-electron chi connectivity index (χ4n) is 3.64. The molecule has 3 aromatic rings. The van der Waals surface area contributed by atoms with Gasteiger partial charge in [-0.3, -0.25) is 4.79 Å². The SMILES string of the molecule is O=C1CCc2cc(OCCCCS(=O)(=O)c3ccc(-c4ccccc4)cc3)ccc2N1. The fourth-order valence-corrected chi connectivity index (χ4v) is 5.01. The van der Waals surface area contributed by atoms with E-state index >= 15 is 0 Å². The molecule has 0 saturated heterocycles. The minimum absolute atomic E-state index is 0.0390. The minimum Gasteiger partial charge on any atom is -0.494 e. The highest BCUT2D eigenvalue weighted by atomic mass is 32.2. The first-order valence-electron chi connectivity index (χ1n) is 10.5. The lowest BCUT2D eigenvalue weighted by atomic mass is 10.0. The van der Waals surface area contributed by atoms with Gasteiger partial charge in [-0.25, -0.2) is 8.42 Å². The summed E-state index contributed by atoms with van der Waals surface area (Å²) in [6.07, 6.45) is 2.37. The number of carbonyl (C=O) groups is 1. The topological polar surface area (TPSA) is 72.5 Å². The zero-order chi connectivity index (χ0) is 21.7. The molecule has 1 heterocycles. The third-order valence-corrected chi connectivity index (χ3v) is 7.19. The van der Waals surface area contributed by atoms with Gasteiger partial charge in [0.05, 0.1) is 17.3 Å². The monoisotopic (exact) mass is 435 g/mol. The number of rotatable bonds is 8. The average molecular weight is 436 g/mol. The van der Waals surface area contributed by atoms with Gasteiger partial charge in [-0.05, 0) is 66.3 Å². The molecular weight excluding hydrogens is 410 g/mol. The molecular formula is C25H25NO4S. The normalized spacial score (nSPS) is 13.4. The number of aryl methyl sites for hydroxylation is 1. The third kappa shape index (κ3) is 5.33. The van der Waals surface area contributed by atoms with E-state index in [1.807, 2.05) is 60.7 Å². The van der Waals surface area contributed by atoms with Crippen LogP contribution in [0.4, 0.5) is 5.69 Å². The van der Waals surface area contributed by atoms with Gasteiger partial charge in [-0.2, -0.15) is 0 Å². The predicted octanol–water partition coefficient (Wildman–Crippen LogP) is 4.87. The van der Waals surface area contributed by atoms with Crippen LogP contribution in [0.2, 0.25) is 0 Å². The second kappa shape index (κ2) is 9.35. The van der Waals surface area contributed by atoms with Gasteiger partial charge >= 0.3 is 0 Å². The Bertz CT molecular complexity index is 1160. The van der Waals surface area contributed by atoms with Gasteiger partial charge in [0, 0.05) is 12.1 Å². The molecule has 0 atom stereocenters. The Morgan fingerprint density at radius 2 is 1.58 bits per heavy atom. The van der Waals surface area contributed by atoms with Crippen molar-refractivity contribution in [3.63, 3.8) is 0 Å². The van der Waals surface area contributed by atoms with Crippen molar-refractivity contribution in [1.29, 1.82) is 0 Å². The summed E-state index contributed by atoms with van der Waals surface area (Å²) in [6, 6.07) is 22.6. The van der Waals surface area contributed by atoms with Crippen LogP contribution in [0.5, 0.6) is 5.75 Å². The van der Waals surface area contributed by atoms with Crippen LogP contribution in [-0.4, -0.2) is 26.7 Å². The molecule has 0 spiro atoms. The van der Waals surface area contributed by atoms with Gasteiger partial charge in [0.25, 0.3) is 0 Å². The molecule has 160 valence electrons. The Morgan fingerprint density at radius 1 is 0.839 bits per heavy atom. The zero-order valence-electron chi connectivity index (χ0n) is 17.2. The van der Waals surface area contributed by atoms with Crippen molar-refractivity contribution in [3.8, 4) is 16.9 Å². The van der Waals surface area contributed by atoms with E-state index in [-0.39, 0.29) is 11.7 Å². The van der Waals surface area contributed by atoms with Gasteiger partial charge in [-0.1, -0.05) is 42.5 Å². The summed E-state index contributed by atoms with van der Waals surface area (Å²) in [7, 11) is -3.32. The number of anilines is 1. The van der Waals surface area contributed by atoms with Crippen LogP contribution in [0.25, 0.3) is 11.1 Å². The number of carbonyl (C=O) groups excluding carboxylic acids is 1. The number of unbranched alkanes of at least 4 members (excludes halogenated alkanes) is 1. The fraction of sp³-hybridized carbons (Fsp3) is 0.240. The molecule has 4 rings (SSSR count). The number of sulfone groups is 1. The number of ether oxygens (including phenoxy) is 1. The van der Waals surface area contributed by atoms with Gasteiger partial charge in [0.2, 0.25) is 5.91 Å². The molecule has 1 aliphatic rings. The number of fused-ring (bicyclic) bond motifs is 1. The summed E-state index contributed by atoms with van der Waals surface area (Å²) in [5.74, 6) is 0.878. The zero-order valence-corrected chi connectivity index (χ0v) is 18.0. The largest absolute Gasteiger partial charge is 0.494 e. The summed E-state index contributed by atoms with van der Waals surface area (Å²) in [4.78, 5) is 11.8. The number of hydrogen-bond acceptors (Lipinski definition) is 4. The molecule has 0 unspecified atom stereocenters. The lowest BCUT2D eigenvalue weighted by Crippen LogP contribution is -2.18. The highest BCUT2D eigenvalue weighted by Crippen LogP contribution is 2.27. The van der Waals surface area contributed by atoms with Crippen LogP contribution in [0.3, 0.4) is 0 Å². The molecule has 0 bridgehead atoms. The van der Waals surface area contributed by atoms with Crippen molar-refractivity contribution < 1.29 is 17.9 Å². The molecule has 1 aliphatic heterocycles. The van der Waals surface area contributed by atoms with Crippen LogP contribution in [-0.2, 0) is 21.1 Å². The lowest BCUT2D eigenvalue weighted by molar-refractivity contribution is -0.116. The van der Waals surface area contributed by atoms with Gasteiger partial charge < -0.3 is 10.1 Å². The summed E-state index contributed by atoms with van der Waals surface area (Å²) in [5, 5.41) is 2.85. The predicted molar refractivity (Wildman–Crippen MR) is 122 cm³/mol. The van der Waals surface area contributed by atoms with Crippen molar-refractivity contribution >= 4 is 21.4 Å². The molecule has 6 heteroatoms. The highest BCUT2D eigenvalue weighted by Gasteiger charge is 2.16. The summed E-state index contributed by atoms with van der Waals surface area (Å²) in [6.45, 7) is 0.452. The minimum atomic E-state index is -3.32. The first-order valence-corrected chi connectivity index (χ1v) is 12.1.